The number of methoxy groups -OCH3 is 1. The van der Waals surface area contributed by atoms with Gasteiger partial charge in [0.15, 0.2) is 0 Å². The molecule has 0 radical (unpaired) electrons. The van der Waals surface area contributed by atoms with Crippen LogP contribution in [-0.4, -0.2) is 80.6 Å². The van der Waals surface area contributed by atoms with Gasteiger partial charge >= 0.3 is 0 Å². The maximum Gasteiger partial charge on any atom is 0.224 e. The van der Waals surface area contributed by atoms with E-state index in [2.05, 4.69) is 31.9 Å². The fourth-order valence-electron chi connectivity index (χ4n) is 3.50. The lowest BCUT2D eigenvalue weighted by atomic mass is 10.1. The Morgan fingerprint density at radius 2 is 2.04 bits per heavy atom. The van der Waals surface area contributed by atoms with Gasteiger partial charge in [0.1, 0.15) is 6.33 Å². The van der Waals surface area contributed by atoms with Crippen LogP contribution in [-0.2, 0) is 9.47 Å². The van der Waals surface area contributed by atoms with Crippen molar-refractivity contribution in [2.45, 2.75) is 6.10 Å². The largest absolute Gasteiger partial charge is 0.480 e. The van der Waals surface area contributed by atoms with Crippen LogP contribution >= 0.6 is 0 Å². The first kappa shape index (κ1) is 16.5. The molecular weight excluding hydrogens is 320 g/mol. The van der Waals surface area contributed by atoms with E-state index in [0.29, 0.717) is 19.1 Å². The van der Waals surface area contributed by atoms with Gasteiger partial charge in [-0.3, -0.25) is 4.90 Å². The van der Waals surface area contributed by atoms with E-state index in [4.69, 9.17) is 14.2 Å². The molecule has 3 heterocycles. The average molecular weight is 344 g/mol. The highest BCUT2D eigenvalue weighted by Crippen LogP contribution is 2.27. The monoisotopic (exact) mass is 344 g/mol. The molecule has 7 nitrogen and oxygen atoms in total. The molecule has 0 bridgehead atoms. The van der Waals surface area contributed by atoms with E-state index in [0.717, 1.165) is 50.2 Å². The Balaban J connectivity index is 1.41. The van der Waals surface area contributed by atoms with Crippen LogP contribution in [0.25, 0.3) is 10.9 Å². The van der Waals surface area contributed by atoms with Crippen LogP contribution in [0.1, 0.15) is 0 Å². The summed E-state index contributed by atoms with van der Waals surface area (Å²) in [4.78, 5) is 13.4. The fourth-order valence-corrected chi connectivity index (χ4v) is 3.50. The maximum atomic E-state index is 5.76. The Morgan fingerprint density at radius 1 is 1.16 bits per heavy atom. The van der Waals surface area contributed by atoms with E-state index >= 15 is 0 Å². The first-order chi connectivity index (χ1) is 12.3. The number of hydrogen-bond acceptors (Lipinski definition) is 7. The van der Waals surface area contributed by atoms with Crippen molar-refractivity contribution in [2.24, 2.45) is 0 Å². The number of fused-ring (bicyclic) bond motifs is 1. The summed E-state index contributed by atoms with van der Waals surface area (Å²) in [5.41, 5.74) is 2.10. The van der Waals surface area contributed by atoms with Crippen molar-refractivity contribution in [1.82, 2.24) is 14.9 Å². The highest BCUT2D eigenvalue weighted by Gasteiger charge is 2.22. The van der Waals surface area contributed by atoms with Gasteiger partial charge < -0.3 is 19.1 Å². The summed E-state index contributed by atoms with van der Waals surface area (Å²) in [6.07, 6.45) is 1.75. The van der Waals surface area contributed by atoms with Gasteiger partial charge in [-0.15, -0.1) is 0 Å². The summed E-state index contributed by atoms with van der Waals surface area (Å²) >= 11 is 0. The van der Waals surface area contributed by atoms with Gasteiger partial charge in [0.25, 0.3) is 0 Å². The summed E-state index contributed by atoms with van der Waals surface area (Å²) in [5, 5.41) is 0.956. The van der Waals surface area contributed by atoms with Crippen LogP contribution in [0, 0.1) is 0 Å². The molecule has 1 aromatic heterocycles. The van der Waals surface area contributed by atoms with Crippen molar-refractivity contribution >= 4 is 16.6 Å². The number of aromatic nitrogens is 2. The van der Waals surface area contributed by atoms with Gasteiger partial charge in [-0.05, 0) is 18.2 Å². The second kappa shape index (κ2) is 7.51. The number of ether oxygens (including phenoxy) is 3. The number of nitrogens with zero attached hydrogens (tertiary/aromatic N) is 4. The normalized spacial score (nSPS) is 22.3. The first-order valence-electron chi connectivity index (χ1n) is 8.79. The lowest BCUT2D eigenvalue weighted by Gasteiger charge is -2.38. The zero-order valence-corrected chi connectivity index (χ0v) is 14.6. The third-order valence-corrected chi connectivity index (χ3v) is 4.86. The van der Waals surface area contributed by atoms with Crippen molar-refractivity contribution in [3.8, 4) is 5.88 Å². The fraction of sp³-hybridized carbons (Fsp3) is 0.556. The number of hydrogen-bond donors (Lipinski definition) is 0. The first-order valence-corrected chi connectivity index (χ1v) is 8.79. The summed E-state index contributed by atoms with van der Waals surface area (Å²) in [6.45, 7) is 7.15. The molecule has 4 rings (SSSR count). The van der Waals surface area contributed by atoms with Gasteiger partial charge in [0, 0.05) is 38.4 Å². The second-order valence-corrected chi connectivity index (χ2v) is 6.44. The minimum absolute atomic E-state index is 0.211. The molecule has 2 aliphatic rings. The minimum atomic E-state index is 0.211. The van der Waals surface area contributed by atoms with Gasteiger partial charge in [-0.25, -0.2) is 9.97 Å². The number of piperazine rings is 1. The standard InChI is InChI=1S/C18H24N4O3/c1-23-18-16-10-14(2-3-17(16)19-13-20-18)22-6-4-21(5-7-22)11-15-12-24-8-9-25-15/h2-3,10,13,15H,4-9,11-12H2,1H3. The predicted molar refractivity (Wildman–Crippen MR) is 95.3 cm³/mol. The van der Waals surface area contributed by atoms with Crippen molar-refractivity contribution in [2.75, 3.05) is 64.6 Å². The van der Waals surface area contributed by atoms with Gasteiger partial charge in [0.05, 0.1) is 43.9 Å². The van der Waals surface area contributed by atoms with E-state index in [9.17, 15) is 0 Å². The van der Waals surface area contributed by atoms with E-state index in [1.807, 2.05) is 6.07 Å². The van der Waals surface area contributed by atoms with Crippen LogP contribution in [0.4, 0.5) is 5.69 Å². The Labute approximate surface area is 147 Å². The van der Waals surface area contributed by atoms with E-state index in [1.54, 1.807) is 7.11 Å². The van der Waals surface area contributed by atoms with E-state index < -0.39 is 0 Å². The molecule has 0 saturated carbocycles. The molecule has 134 valence electrons. The van der Waals surface area contributed by atoms with Gasteiger partial charge in [0.2, 0.25) is 5.88 Å². The summed E-state index contributed by atoms with van der Waals surface area (Å²) in [7, 11) is 1.64. The van der Waals surface area contributed by atoms with Crippen molar-refractivity contribution in [3.63, 3.8) is 0 Å². The third kappa shape index (κ3) is 3.68. The van der Waals surface area contributed by atoms with Crippen LogP contribution in [0.15, 0.2) is 24.5 Å². The molecule has 1 unspecified atom stereocenters. The molecule has 1 aromatic carbocycles. The molecule has 0 N–H and O–H groups in total. The van der Waals surface area contributed by atoms with Gasteiger partial charge in [-0.1, -0.05) is 0 Å². The Bertz CT molecular complexity index is 713. The van der Waals surface area contributed by atoms with Crippen molar-refractivity contribution in [1.29, 1.82) is 0 Å². The average Bonchev–Trinajstić information content (AvgIpc) is 2.68. The van der Waals surface area contributed by atoms with E-state index in [1.165, 1.54) is 12.0 Å². The lowest BCUT2D eigenvalue weighted by Crippen LogP contribution is -2.50. The molecule has 2 aliphatic heterocycles. The maximum absolute atomic E-state index is 5.76. The summed E-state index contributed by atoms with van der Waals surface area (Å²) in [5.74, 6) is 0.625. The highest BCUT2D eigenvalue weighted by atomic mass is 16.6. The number of benzene rings is 1. The van der Waals surface area contributed by atoms with Crippen molar-refractivity contribution in [3.05, 3.63) is 24.5 Å². The molecular formula is C18H24N4O3. The molecule has 2 fully saturated rings. The Morgan fingerprint density at radius 3 is 2.80 bits per heavy atom. The molecule has 7 heteroatoms. The van der Waals surface area contributed by atoms with Crippen LogP contribution in [0.2, 0.25) is 0 Å². The minimum Gasteiger partial charge on any atom is -0.480 e. The molecule has 0 spiro atoms. The number of rotatable bonds is 4. The van der Waals surface area contributed by atoms with Crippen LogP contribution in [0.5, 0.6) is 5.88 Å². The summed E-state index contributed by atoms with van der Waals surface area (Å²) < 4.78 is 16.6. The second-order valence-electron chi connectivity index (χ2n) is 6.44. The zero-order valence-electron chi connectivity index (χ0n) is 14.6. The predicted octanol–water partition coefficient (Wildman–Crippen LogP) is 1.18. The van der Waals surface area contributed by atoms with Crippen molar-refractivity contribution < 1.29 is 14.2 Å². The third-order valence-electron chi connectivity index (χ3n) is 4.86. The number of anilines is 1. The molecule has 2 aromatic rings. The Kier molecular flexibility index (Phi) is 4.96. The smallest absolute Gasteiger partial charge is 0.224 e. The molecule has 0 aliphatic carbocycles. The molecule has 1 atom stereocenters. The lowest BCUT2D eigenvalue weighted by molar-refractivity contribution is -0.0977. The summed E-state index contributed by atoms with van der Waals surface area (Å²) in [6, 6.07) is 6.29. The molecule has 2 saturated heterocycles. The van der Waals surface area contributed by atoms with Crippen LogP contribution in [0.3, 0.4) is 0 Å². The van der Waals surface area contributed by atoms with Crippen LogP contribution < -0.4 is 9.64 Å². The van der Waals surface area contributed by atoms with Gasteiger partial charge in [-0.2, -0.15) is 0 Å². The zero-order chi connectivity index (χ0) is 17.1. The molecule has 25 heavy (non-hydrogen) atoms. The quantitative estimate of drug-likeness (QED) is 0.825. The Hall–Kier alpha value is -1.96. The topological polar surface area (TPSA) is 60.0 Å². The molecule has 0 amide bonds. The van der Waals surface area contributed by atoms with E-state index in [-0.39, 0.29) is 6.10 Å². The SMILES string of the molecule is COc1ncnc2ccc(N3CCN(CC4COCCO4)CC3)cc12. The highest BCUT2D eigenvalue weighted by molar-refractivity contribution is 5.86.